The summed E-state index contributed by atoms with van der Waals surface area (Å²) in [6.07, 6.45) is 0. The van der Waals surface area contributed by atoms with Crippen LogP contribution in [0.2, 0.25) is 5.02 Å². The molecule has 0 atom stereocenters. The number of ether oxygens (including phenoxy) is 2. The van der Waals surface area contributed by atoms with E-state index in [1.54, 1.807) is 24.3 Å². The number of carbonyl (C=O) groups is 1. The molecule has 0 saturated carbocycles. The summed E-state index contributed by atoms with van der Waals surface area (Å²) in [7, 11) is 0. The van der Waals surface area contributed by atoms with Crippen molar-refractivity contribution in [3.05, 3.63) is 86.1 Å². The summed E-state index contributed by atoms with van der Waals surface area (Å²) in [6, 6.07) is 12.8. The van der Waals surface area contributed by atoms with Crippen LogP contribution in [-0.2, 0) is 13.2 Å². The van der Waals surface area contributed by atoms with E-state index in [4.69, 9.17) is 26.2 Å². The summed E-state index contributed by atoms with van der Waals surface area (Å²) in [6.45, 7) is 4.84. The molecule has 0 unspecified atom stereocenters. The molecule has 0 aliphatic rings. The van der Waals surface area contributed by atoms with Crippen LogP contribution in [0.1, 0.15) is 34.0 Å². The maximum atomic E-state index is 13.3. The van der Waals surface area contributed by atoms with E-state index in [0.29, 0.717) is 35.2 Å². The molecule has 0 heterocycles. The number of hydrogen-bond acceptors (Lipinski definition) is 4. The maximum Gasteiger partial charge on any atom is 0.335 e. The van der Waals surface area contributed by atoms with Crippen molar-refractivity contribution in [2.75, 3.05) is 11.9 Å². The van der Waals surface area contributed by atoms with Crippen LogP contribution in [0, 0.1) is 12.7 Å². The van der Waals surface area contributed by atoms with E-state index in [1.807, 2.05) is 26.0 Å². The van der Waals surface area contributed by atoms with Gasteiger partial charge in [-0.05, 0) is 67.4 Å². The highest BCUT2D eigenvalue weighted by atomic mass is 79.9. The fourth-order valence-electron chi connectivity index (χ4n) is 3.07. The number of anilines is 1. The second kappa shape index (κ2) is 10.7. The van der Waals surface area contributed by atoms with Gasteiger partial charge < -0.3 is 19.9 Å². The molecule has 0 aliphatic carbocycles. The third-order valence-electron chi connectivity index (χ3n) is 4.75. The summed E-state index contributed by atoms with van der Waals surface area (Å²) in [5.74, 6) is -0.254. The van der Waals surface area contributed by atoms with Crippen LogP contribution in [-0.4, -0.2) is 17.7 Å². The number of hydrogen-bond donors (Lipinski definition) is 2. The molecule has 168 valence electrons. The molecule has 8 heteroatoms. The minimum absolute atomic E-state index is 0.165. The van der Waals surface area contributed by atoms with Crippen molar-refractivity contribution in [2.45, 2.75) is 27.0 Å². The van der Waals surface area contributed by atoms with Crippen molar-refractivity contribution in [2.24, 2.45) is 0 Å². The number of carboxylic acids is 1. The highest BCUT2D eigenvalue weighted by Crippen LogP contribution is 2.35. The molecule has 3 aromatic rings. The van der Waals surface area contributed by atoms with Gasteiger partial charge in [0.05, 0.1) is 17.2 Å². The molecule has 3 aromatic carbocycles. The average molecular weight is 523 g/mol. The molecular formula is C24H22BrClFNO4. The highest BCUT2D eigenvalue weighted by molar-refractivity contribution is 9.10. The number of aryl methyl sites for hydroxylation is 1. The number of rotatable bonds is 9. The lowest BCUT2D eigenvalue weighted by molar-refractivity contribution is 0.0697. The van der Waals surface area contributed by atoms with Gasteiger partial charge in [0.15, 0.2) is 11.5 Å². The topological polar surface area (TPSA) is 67.8 Å². The molecule has 0 amide bonds. The van der Waals surface area contributed by atoms with E-state index >= 15 is 0 Å². The predicted octanol–water partition coefficient (Wildman–Crippen LogP) is 6.84. The molecule has 0 spiro atoms. The number of carboxylic acid groups (broad SMARTS) is 1. The maximum absolute atomic E-state index is 13.3. The summed E-state index contributed by atoms with van der Waals surface area (Å²) >= 11 is 9.67. The van der Waals surface area contributed by atoms with Crippen molar-refractivity contribution < 1.29 is 23.8 Å². The van der Waals surface area contributed by atoms with Crippen molar-refractivity contribution >= 4 is 39.2 Å². The molecule has 2 N–H and O–H groups in total. The van der Waals surface area contributed by atoms with Gasteiger partial charge in [-0.25, -0.2) is 9.18 Å². The van der Waals surface area contributed by atoms with Gasteiger partial charge in [-0.1, -0.05) is 33.6 Å². The first-order valence-electron chi connectivity index (χ1n) is 9.88. The van der Waals surface area contributed by atoms with E-state index in [9.17, 15) is 9.18 Å². The molecular weight excluding hydrogens is 501 g/mol. The fourth-order valence-corrected chi connectivity index (χ4v) is 3.76. The molecule has 32 heavy (non-hydrogen) atoms. The summed E-state index contributed by atoms with van der Waals surface area (Å²) in [4.78, 5) is 11.1. The Kier molecular flexibility index (Phi) is 7.99. The smallest absolute Gasteiger partial charge is 0.335 e. The van der Waals surface area contributed by atoms with Gasteiger partial charge in [-0.3, -0.25) is 0 Å². The largest absolute Gasteiger partial charge is 0.490 e. The lowest BCUT2D eigenvalue weighted by Crippen LogP contribution is -2.06. The van der Waals surface area contributed by atoms with Gasteiger partial charge in [-0.2, -0.15) is 0 Å². The second-order valence-corrected chi connectivity index (χ2v) is 8.30. The Morgan fingerprint density at radius 3 is 2.50 bits per heavy atom. The Labute approximate surface area is 199 Å². The number of benzene rings is 3. The van der Waals surface area contributed by atoms with Gasteiger partial charge in [0, 0.05) is 22.3 Å². The first-order valence-corrected chi connectivity index (χ1v) is 11.0. The summed E-state index contributed by atoms with van der Waals surface area (Å²) in [5.41, 5.74) is 3.52. The predicted molar refractivity (Wildman–Crippen MR) is 127 cm³/mol. The van der Waals surface area contributed by atoms with Crippen LogP contribution in [0.4, 0.5) is 10.1 Å². The molecule has 0 fully saturated rings. The van der Waals surface area contributed by atoms with Crippen LogP contribution in [0.25, 0.3) is 0 Å². The zero-order chi connectivity index (χ0) is 23.3. The number of aromatic carboxylic acids is 1. The minimum atomic E-state index is -0.957. The molecule has 0 aliphatic heterocycles. The van der Waals surface area contributed by atoms with Crippen LogP contribution >= 0.6 is 27.5 Å². The van der Waals surface area contributed by atoms with Crippen molar-refractivity contribution in [1.82, 2.24) is 0 Å². The molecule has 0 saturated heterocycles. The van der Waals surface area contributed by atoms with E-state index in [2.05, 4.69) is 21.2 Å². The minimum Gasteiger partial charge on any atom is -0.490 e. The Balaban J connectivity index is 1.76. The van der Waals surface area contributed by atoms with Gasteiger partial charge >= 0.3 is 5.97 Å². The van der Waals surface area contributed by atoms with Crippen molar-refractivity contribution in [1.29, 1.82) is 0 Å². The van der Waals surface area contributed by atoms with Crippen molar-refractivity contribution in [3.63, 3.8) is 0 Å². The van der Waals surface area contributed by atoms with Crippen LogP contribution in [0.5, 0.6) is 11.5 Å². The van der Waals surface area contributed by atoms with Crippen LogP contribution < -0.4 is 14.8 Å². The van der Waals surface area contributed by atoms with E-state index < -0.39 is 11.8 Å². The van der Waals surface area contributed by atoms with Gasteiger partial charge in [0.25, 0.3) is 0 Å². The Morgan fingerprint density at radius 1 is 1.09 bits per heavy atom. The van der Waals surface area contributed by atoms with E-state index in [1.165, 1.54) is 12.1 Å². The zero-order valence-corrected chi connectivity index (χ0v) is 19.9. The van der Waals surface area contributed by atoms with E-state index in [-0.39, 0.29) is 12.2 Å². The van der Waals surface area contributed by atoms with Crippen LogP contribution in [0.3, 0.4) is 0 Å². The lowest BCUT2D eigenvalue weighted by atomic mass is 10.1. The Hall–Kier alpha value is -2.77. The SMILES string of the molecule is CCOc1cc(CNc2ccc(C(=O)O)cc2C)c(Br)cc1OCc1ccc(F)cc1Cl. The normalized spacial score (nSPS) is 10.7. The third-order valence-corrected chi connectivity index (χ3v) is 5.84. The molecule has 0 radical (unpaired) electrons. The monoisotopic (exact) mass is 521 g/mol. The fraction of sp³-hybridized carbons (Fsp3) is 0.208. The third kappa shape index (κ3) is 5.93. The van der Waals surface area contributed by atoms with Gasteiger partial charge in [0.2, 0.25) is 0 Å². The molecule has 0 bridgehead atoms. The second-order valence-electron chi connectivity index (χ2n) is 7.04. The lowest BCUT2D eigenvalue weighted by Gasteiger charge is -2.17. The molecule has 0 aromatic heterocycles. The van der Waals surface area contributed by atoms with Gasteiger partial charge in [-0.15, -0.1) is 0 Å². The average Bonchev–Trinajstić information content (AvgIpc) is 2.74. The molecule has 5 nitrogen and oxygen atoms in total. The zero-order valence-electron chi connectivity index (χ0n) is 17.5. The summed E-state index contributed by atoms with van der Waals surface area (Å²) in [5, 5.41) is 12.7. The van der Waals surface area contributed by atoms with E-state index in [0.717, 1.165) is 21.3 Å². The summed E-state index contributed by atoms with van der Waals surface area (Å²) < 4.78 is 25.7. The number of halogens is 3. The highest BCUT2D eigenvalue weighted by Gasteiger charge is 2.13. The quantitative estimate of drug-likeness (QED) is 0.322. The number of nitrogens with one attached hydrogen (secondary N) is 1. The first kappa shape index (κ1) is 23.9. The van der Waals surface area contributed by atoms with Crippen molar-refractivity contribution in [3.8, 4) is 11.5 Å². The molecule has 3 rings (SSSR count). The van der Waals surface area contributed by atoms with Gasteiger partial charge in [0.1, 0.15) is 12.4 Å². The van der Waals surface area contributed by atoms with Crippen LogP contribution in [0.15, 0.2) is 53.0 Å². The standard InChI is InChI=1S/C24H22BrClFNO4/c1-3-31-22-9-17(12-28-21-7-5-15(24(29)30)8-14(21)2)19(25)11-23(22)32-13-16-4-6-18(27)10-20(16)26/h4-11,28H,3,12-13H2,1-2H3,(H,29,30). The first-order chi connectivity index (χ1) is 15.3. The Morgan fingerprint density at radius 2 is 1.84 bits per heavy atom. The Bertz CT molecular complexity index is 1140.